The van der Waals surface area contributed by atoms with Crippen LogP contribution in [-0.4, -0.2) is 39.6 Å². The number of carboxylic acids is 1. The van der Waals surface area contributed by atoms with Crippen molar-refractivity contribution in [3.63, 3.8) is 0 Å². The number of nitrogens with one attached hydrogen (secondary N) is 1. The summed E-state index contributed by atoms with van der Waals surface area (Å²) in [7, 11) is 0. The van der Waals surface area contributed by atoms with Gasteiger partial charge in [-0.1, -0.05) is 134 Å². The first-order chi connectivity index (χ1) is 26.9. The number of amides is 1. The standard InChI is InChI=1S/C47H52N2O6/c50-34-37-23-25-39(26-24-37)44-29-43(33-49(31-35-13-5-3-6-14-35)32-36-15-7-4-8-16-36)54-47(55-44)42-20-12-19-41(28-42)40-18-11-17-38(27-40)30-48-45(51)21-9-1-2-10-22-46(52)53/h3-8,11-20,23-28,43-44,47,50H,1-2,9-10,21-22,29-34H2,(H,48,51)(H,52,53)/t43-,44+,47+/m1/s1. The maximum atomic E-state index is 12.5. The summed E-state index contributed by atoms with van der Waals surface area (Å²) < 4.78 is 13.6. The smallest absolute Gasteiger partial charge is 0.303 e. The summed E-state index contributed by atoms with van der Waals surface area (Å²) in [6.07, 6.45) is 3.44. The molecule has 1 aliphatic heterocycles. The highest BCUT2D eigenvalue weighted by atomic mass is 16.7. The van der Waals surface area contributed by atoms with Crippen LogP contribution in [0.15, 0.2) is 133 Å². The van der Waals surface area contributed by atoms with Crippen molar-refractivity contribution in [3.05, 3.63) is 167 Å². The number of nitrogens with zero attached hydrogens (tertiary/aromatic N) is 1. The lowest BCUT2D eigenvalue weighted by molar-refractivity contribution is -0.253. The monoisotopic (exact) mass is 740 g/mol. The number of carbonyl (C=O) groups excluding carboxylic acids is 1. The highest BCUT2D eigenvalue weighted by Crippen LogP contribution is 2.39. The molecule has 0 radical (unpaired) electrons. The number of carbonyl (C=O) groups is 2. The predicted octanol–water partition coefficient (Wildman–Crippen LogP) is 9.14. The minimum atomic E-state index is -0.775. The molecule has 55 heavy (non-hydrogen) atoms. The molecule has 5 aromatic carbocycles. The second-order valence-electron chi connectivity index (χ2n) is 14.4. The molecular weight excluding hydrogens is 689 g/mol. The average Bonchev–Trinajstić information content (AvgIpc) is 3.22. The molecule has 0 aliphatic carbocycles. The molecule has 3 atom stereocenters. The van der Waals surface area contributed by atoms with Crippen molar-refractivity contribution in [1.82, 2.24) is 10.2 Å². The minimum absolute atomic E-state index is 0.00144. The van der Waals surface area contributed by atoms with Gasteiger partial charge in [-0.05, 0) is 63.9 Å². The van der Waals surface area contributed by atoms with Crippen molar-refractivity contribution in [2.24, 2.45) is 0 Å². The maximum absolute atomic E-state index is 12.5. The van der Waals surface area contributed by atoms with Gasteiger partial charge >= 0.3 is 5.97 Å². The number of hydrogen-bond acceptors (Lipinski definition) is 6. The summed E-state index contributed by atoms with van der Waals surface area (Å²) in [4.78, 5) is 25.7. The number of benzene rings is 5. The number of aliphatic hydroxyl groups is 1. The Morgan fingerprint density at radius 2 is 1.25 bits per heavy atom. The van der Waals surface area contributed by atoms with Crippen LogP contribution >= 0.6 is 0 Å². The topological polar surface area (TPSA) is 108 Å². The van der Waals surface area contributed by atoms with E-state index in [0.29, 0.717) is 32.4 Å². The second-order valence-corrected chi connectivity index (χ2v) is 14.4. The number of rotatable bonds is 19. The molecule has 8 nitrogen and oxygen atoms in total. The van der Waals surface area contributed by atoms with Gasteiger partial charge in [0, 0.05) is 51.0 Å². The molecular formula is C47H52N2O6. The van der Waals surface area contributed by atoms with Gasteiger partial charge in [0.05, 0.1) is 18.8 Å². The van der Waals surface area contributed by atoms with E-state index in [0.717, 1.165) is 65.7 Å². The molecule has 6 rings (SSSR count). The molecule has 3 N–H and O–H groups in total. The molecule has 1 fully saturated rings. The highest BCUT2D eigenvalue weighted by Gasteiger charge is 2.33. The van der Waals surface area contributed by atoms with Gasteiger partial charge in [-0.3, -0.25) is 14.5 Å². The fraction of sp³-hybridized carbons (Fsp3) is 0.319. The summed E-state index contributed by atoms with van der Waals surface area (Å²) >= 11 is 0. The molecule has 0 aromatic heterocycles. The zero-order chi connectivity index (χ0) is 38.2. The fourth-order valence-electron chi connectivity index (χ4n) is 7.12. The van der Waals surface area contributed by atoms with E-state index in [-0.39, 0.29) is 31.1 Å². The van der Waals surface area contributed by atoms with E-state index < -0.39 is 12.3 Å². The van der Waals surface area contributed by atoms with E-state index in [1.165, 1.54) is 11.1 Å². The van der Waals surface area contributed by atoms with Crippen LogP contribution < -0.4 is 5.32 Å². The van der Waals surface area contributed by atoms with Crippen molar-refractivity contribution in [1.29, 1.82) is 0 Å². The quantitative estimate of drug-likeness (QED) is 0.0725. The third kappa shape index (κ3) is 12.5. The molecule has 1 aliphatic rings. The molecule has 0 unspecified atom stereocenters. The van der Waals surface area contributed by atoms with E-state index in [1.807, 2.05) is 54.6 Å². The van der Waals surface area contributed by atoms with Crippen LogP contribution in [0, 0.1) is 0 Å². The van der Waals surface area contributed by atoms with E-state index in [4.69, 9.17) is 14.6 Å². The van der Waals surface area contributed by atoms with Gasteiger partial charge < -0.3 is 25.0 Å². The summed E-state index contributed by atoms with van der Waals surface area (Å²) in [5.74, 6) is -0.777. The van der Waals surface area contributed by atoms with Crippen LogP contribution in [0.1, 0.15) is 90.7 Å². The molecule has 1 amide bonds. The molecule has 5 aromatic rings. The first-order valence-corrected chi connectivity index (χ1v) is 19.4. The lowest BCUT2D eigenvalue weighted by atomic mass is 9.98. The van der Waals surface area contributed by atoms with E-state index in [9.17, 15) is 14.7 Å². The van der Waals surface area contributed by atoms with Crippen LogP contribution in [0.3, 0.4) is 0 Å². The predicted molar refractivity (Wildman–Crippen MR) is 214 cm³/mol. The van der Waals surface area contributed by atoms with Gasteiger partial charge in [-0.2, -0.15) is 0 Å². The third-order valence-corrected chi connectivity index (χ3v) is 10.0. The summed E-state index contributed by atoms with van der Waals surface area (Å²) in [6, 6.07) is 45.6. The van der Waals surface area contributed by atoms with Gasteiger partial charge in [0.2, 0.25) is 5.91 Å². The van der Waals surface area contributed by atoms with Gasteiger partial charge in [-0.25, -0.2) is 0 Å². The molecule has 8 heteroatoms. The molecule has 1 heterocycles. The first kappa shape index (κ1) is 39.6. The zero-order valence-corrected chi connectivity index (χ0v) is 31.4. The summed E-state index contributed by atoms with van der Waals surface area (Å²) in [6.45, 7) is 2.72. The second kappa shape index (κ2) is 20.5. The number of ether oxygens (including phenoxy) is 2. The number of hydrogen-bond donors (Lipinski definition) is 3. The van der Waals surface area contributed by atoms with Crippen molar-refractivity contribution >= 4 is 11.9 Å². The Morgan fingerprint density at radius 1 is 0.636 bits per heavy atom. The Kier molecular flexibility index (Phi) is 14.8. The van der Waals surface area contributed by atoms with Crippen molar-refractivity contribution in [2.45, 2.75) is 89.7 Å². The Morgan fingerprint density at radius 3 is 1.91 bits per heavy atom. The first-order valence-electron chi connectivity index (χ1n) is 19.4. The highest BCUT2D eigenvalue weighted by molar-refractivity contribution is 5.76. The molecule has 0 saturated carbocycles. The largest absolute Gasteiger partial charge is 0.481 e. The minimum Gasteiger partial charge on any atom is -0.481 e. The maximum Gasteiger partial charge on any atom is 0.303 e. The summed E-state index contributed by atoms with van der Waals surface area (Å²) in [5, 5.41) is 21.5. The van der Waals surface area contributed by atoms with Crippen LogP contribution in [0.25, 0.3) is 11.1 Å². The molecule has 0 spiro atoms. The Labute approximate surface area is 324 Å². The zero-order valence-electron chi connectivity index (χ0n) is 31.4. The number of unbranched alkanes of at least 4 members (excludes halogenated alkanes) is 3. The SMILES string of the molecule is O=C(O)CCCCCCC(=O)NCc1cccc(-c2cccc([C@H]3O[C@@H](CN(Cc4ccccc4)Cc4ccccc4)C[C@@H](c4ccc(CO)cc4)O3)c2)c1. The Balaban J connectivity index is 1.16. The van der Waals surface area contributed by atoms with Crippen LogP contribution in [0.4, 0.5) is 0 Å². The summed E-state index contributed by atoms with van der Waals surface area (Å²) in [5.41, 5.74) is 8.41. The molecule has 1 saturated heterocycles. The Hall–Kier alpha value is -5.12. The van der Waals surface area contributed by atoms with Gasteiger partial charge in [0.1, 0.15) is 0 Å². The van der Waals surface area contributed by atoms with Gasteiger partial charge in [0.15, 0.2) is 6.29 Å². The normalized spacial score (nSPS) is 16.9. The molecule has 0 bridgehead atoms. The lowest BCUT2D eigenvalue weighted by Gasteiger charge is -2.38. The van der Waals surface area contributed by atoms with Crippen LogP contribution in [0.5, 0.6) is 0 Å². The van der Waals surface area contributed by atoms with Crippen LogP contribution in [-0.2, 0) is 45.3 Å². The van der Waals surface area contributed by atoms with Gasteiger partial charge in [-0.15, -0.1) is 0 Å². The van der Waals surface area contributed by atoms with E-state index >= 15 is 0 Å². The fourth-order valence-corrected chi connectivity index (χ4v) is 7.12. The molecule has 286 valence electrons. The number of carboxylic acid groups (broad SMARTS) is 1. The lowest BCUT2D eigenvalue weighted by Crippen LogP contribution is -2.39. The third-order valence-electron chi connectivity index (χ3n) is 10.0. The van der Waals surface area contributed by atoms with Crippen molar-refractivity contribution in [3.8, 4) is 11.1 Å². The van der Waals surface area contributed by atoms with Crippen LogP contribution in [0.2, 0.25) is 0 Å². The van der Waals surface area contributed by atoms with Crippen molar-refractivity contribution in [2.75, 3.05) is 6.54 Å². The van der Waals surface area contributed by atoms with Gasteiger partial charge in [0.25, 0.3) is 0 Å². The Bertz CT molecular complexity index is 1890. The number of aliphatic carboxylic acids is 1. The average molecular weight is 741 g/mol. The van der Waals surface area contributed by atoms with E-state index in [1.54, 1.807) is 0 Å². The number of aliphatic hydroxyl groups excluding tert-OH is 1. The van der Waals surface area contributed by atoms with Crippen molar-refractivity contribution < 1.29 is 29.3 Å². The van der Waals surface area contributed by atoms with E-state index in [2.05, 4.69) is 89.1 Å².